The van der Waals surface area contributed by atoms with Gasteiger partial charge in [-0.25, -0.2) is 0 Å². The zero-order valence-corrected chi connectivity index (χ0v) is 15.2. The number of benzene rings is 2. The van der Waals surface area contributed by atoms with Crippen LogP contribution in [0.1, 0.15) is 18.4 Å². The molecule has 1 aliphatic rings. The lowest BCUT2D eigenvalue weighted by Gasteiger charge is -2.31. The van der Waals surface area contributed by atoms with Gasteiger partial charge in [0.2, 0.25) is 11.8 Å². The van der Waals surface area contributed by atoms with E-state index in [1.54, 1.807) is 29.2 Å². The van der Waals surface area contributed by atoms with E-state index in [9.17, 15) is 9.59 Å². The van der Waals surface area contributed by atoms with Crippen LogP contribution >= 0.6 is 11.6 Å². The van der Waals surface area contributed by atoms with Crippen molar-refractivity contribution < 1.29 is 9.59 Å². The molecule has 1 heterocycles. The van der Waals surface area contributed by atoms with Crippen LogP contribution in [-0.4, -0.2) is 29.8 Å². The second-order valence-corrected chi connectivity index (χ2v) is 6.80. The first-order valence-corrected chi connectivity index (χ1v) is 9.08. The van der Waals surface area contributed by atoms with E-state index in [1.165, 1.54) is 0 Å². The number of hydrogen-bond donors (Lipinski definition) is 1. The number of anilines is 1. The number of halogens is 1. The third kappa shape index (κ3) is 4.96. The van der Waals surface area contributed by atoms with Gasteiger partial charge >= 0.3 is 0 Å². The Morgan fingerprint density at radius 1 is 1.08 bits per heavy atom. The molecule has 0 radical (unpaired) electrons. The van der Waals surface area contributed by atoms with Crippen molar-refractivity contribution in [2.75, 3.05) is 18.4 Å². The maximum Gasteiger partial charge on any atom is 0.246 e. The third-order valence-electron chi connectivity index (χ3n) is 4.43. The average molecular weight is 369 g/mol. The molecule has 4 nitrogen and oxygen atoms in total. The van der Waals surface area contributed by atoms with Crippen molar-refractivity contribution in [2.45, 2.75) is 12.8 Å². The van der Waals surface area contributed by atoms with Crippen LogP contribution in [0.5, 0.6) is 0 Å². The molecule has 1 atom stereocenters. The van der Waals surface area contributed by atoms with Crippen molar-refractivity contribution in [3.8, 4) is 0 Å². The van der Waals surface area contributed by atoms with Crippen molar-refractivity contribution >= 4 is 35.2 Å². The Morgan fingerprint density at radius 2 is 1.81 bits per heavy atom. The fourth-order valence-electron chi connectivity index (χ4n) is 3.00. The summed E-state index contributed by atoms with van der Waals surface area (Å²) in [6.45, 7) is 1.13. The van der Waals surface area contributed by atoms with Crippen LogP contribution in [0.15, 0.2) is 60.7 Å². The largest absolute Gasteiger partial charge is 0.338 e. The lowest BCUT2D eigenvalue weighted by molar-refractivity contribution is -0.130. The first kappa shape index (κ1) is 18.2. The second kappa shape index (κ2) is 8.68. The van der Waals surface area contributed by atoms with Gasteiger partial charge in [0.1, 0.15) is 0 Å². The van der Waals surface area contributed by atoms with Crippen molar-refractivity contribution in [1.82, 2.24) is 4.90 Å². The van der Waals surface area contributed by atoms with Crippen LogP contribution in [0.3, 0.4) is 0 Å². The molecule has 1 unspecified atom stereocenters. The quantitative estimate of drug-likeness (QED) is 0.821. The summed E-state index contributed by atoms with van der Waals surface area (Å²) in [7, 11) is 0. The van der Waals surface area contributed by atoms with Crippen LogP contribution in [-0.2, 0) is 9.59 Å². The van der Waals surface area contributed by atoms with E-state index in [2.05, 4.69) is 5.32 Å². The minimum atomic E-state index is -0.183. The molecule has 0 aliphatic carbocycles. The van der Waals surface area contributed by atoms with Gasteiger partial charge in [0.25, 0.3) is 0 Å². The topological polar surface area (TPSA) is 49.4 Å². The molecule has 2 aromatic carbocycles. The van der Waals surface area contributed by atoms with Crippen LogP contribution in [0, 0.1) is 5.92 Å². The van der Waals surface area contributed by atoms with E-state index in [1.807, 2.05) is 42.5 Å². The van der Waals surface area contributed by atoms with Crippen LogP contribution in [0.4, 0.5) is 5.69 Å². The number of hydrogen-bond acceptors (Lipinski definition) is 2. The first-order chi connectivity index (χ1) is 12.6. The molecular formula is C21H21ClN2O2. The molecule has 3 rings (SSSR count). The highest BCUT2D eigenvalue weighted by Crippen LogP contribution is 2.19. The molecule has 0 bridgehead atoms. The number of rotatable bonds is 4. The zero-order valence-electron chi connectivity index (χ0n) is 14.4. The first-order valence-electron chi connectivity index (χ1n) is 8.70. The van der Waals surface area contributed by atoms with Crippen molar-refractivity contribution in [1.29, 1.82) is 0 Å². The summed E-state index contributed by atoms with van der Waals surface area (Å²) >= 11 is 5.86. The normalized spacial score (nSPS) is 17.3. The molecule has 1 fully saturated rings. The van der Waals surface area contributed by atoms with Gasteiger partial charge in [-0.05, 0) is 48.7 Å². The summed E-state index contributed by atoms with van der Waals surface area (Å²) in [6, 6.07) is 16.7. The maximum atomic E-state index is 12.5. The number of likely N-dealkylation sites (tertiary alicyclic amines) is 1. The molecular weight excluding hydrogens is 348 g/mol. The van der Waals surface area contributed by atoms with Crippen molar-refractivity contribution in [3.63, 3.8) is 0 Å². The standard InChI is InChI=1S/C21H21ClN2O2/c22-18-11-8-16(9-12-18)10-13-20(25)24-14-4-5-17(15-24)21(26)23-19-6-2-1-3-7-19/h1-3,6-13,17H,4-5,14-15H2,(H,23,26)/b13-10+. The molecule has 0 spiro atoms. The van der Waals surface area contributed by atoms with E-state index in [0.717, 1.165) is 24.1 Å². The van der Waals surface area contributed by atoms with Gasteiger partial charge in [-0.15, -0.1) is 0 Å². The third-order valence-corrected chi connectivity index (χ3v) is 4.69. The van der Waals surface area contributed by atoms with E-state index in [-0.39, 0.29) is 17.7 Å². The van der Waals surface area contributed by atoms with Crippen LogP contribution in [0.25, 0.3) is 6.08 Å². The molecule has 1 aliphatic heterocycles. The highest BCUT2D eigenvalue weighted by atomic mass is 35.5. The highest BCUT2D eigenvalue weighted by molar-refractivity contribution is 6.30. The summed E-state index contributed by atoms with van der Waals surface area (Å²) in [5, 5.41) is 3.59. The van der Waals surface area contributed by atoms with Gasteiger partial charge in [-0.2, -0.15) is 0 Å². The molecule has 26 heavy (non-hydrogen) atoms. The summed E-state index contributed by atoms with van der Waals surface area (Å²) in [6.07, 6.45) is 4.95. The number of carbonyl (C=O) groups excluding carboxylic acids is 2. The number of nitrogens with zero attached hydrogens (tertiary/aromatic N) is 1. The summed E-state index contributed by atoms with van der Waals surface area (Å²) in [5.41, 5.74) is 1.70. The highest BCUT2D eigenvalue weighted by Gasteiger charge is 2.27. The summed E-state index contributed by atoms with van der Waals surface area (Å²) in [4.78, 5) is 26.7. The number of nitrogens with one attached hydrogen (secondary N) is 1. The minimum Gasteiger partial charge on any atom is -0.338 e. The molecule has 1 saturated heterocycles. The summed E-state index contributed by atoms with van der Waals surface area (Å²) < 4.78 is 0. The Morgan fingerprint density at radius 3 is 2.54 bits per heavy atom. The SMILES string of the molecule is O=C(Nc1ccccc1)C1CCCN(C(=O)/C=C/c2ccc(Cl)cc2)C1. The van der Waals surface area contributed by atoms with Gasteiger partial charge < -0.3 is 10.2 Å². The predicted molar refractivity (Wildman–Crippen MR) is 105 cm³/mol. The van der Waals surface area contributed by atoms with Crippen LogP contribution < -0.4 is 5.32 Å². The number of para-hydroxylation sites is 1. The van der Waals surface area contributed by atoms with Crippen LogP contribution in [0.2, 0.25) is 5.02 Å². The van der Waals surface area contributed by atoms with E-state index in [4.69, 9.17) is 11.6 Å². The lowest BCUT2D eigenvalue weighted by Crippen LogP contribution is -2.43. The monoisotopic (exact) mass is 368 g/mol. The van der Waals surface area contributed by atoms with Gasteiger partial charge in [0.15, 0.2) is 0 Å². The molecule has 0 saturated carbocycles. The number of carbonyl (C=O) groups is 2. The Balaban J connectivity index is 1.57. The number of piperidine rings is 1. The molecule has 5 heteroatoms. The van der Waals surface area contributed by atoms with Gasteiger partial charge in [-0.1, -0.05) is 41.9 Å². The van der Waals surface area contributed by atoms with E-state index >= 15 is 0 Å². The Bertz CT molecular complexity index is 787. The Kier molecular flexibility index (Phi) is 6.08. The number of amides is 2. The molecule has 2 amide bonds. The summed E-state index contributed by atoms with van der Waals surface area (Å²) in [5.74, 6) is -0.288. The van der Waals surface area contributed by atoms with Crippen molar-refractivity contribution in [2.24, 2.45) is 5.92 Å². The average Bonchev–Trinajstić information content (AvgIpc) is 2.68. The molecule has 2 aromatic rings. The fraction of sp³-hybridized carbons (Fsp3) is 0.238. The minimum absolute atomic E-state index is 0.0321. The van der Waals surface area contributed by atoms with E-state index < -0.39 is 0 Å². The maximum absolute atomic E-state index is 12.5. The molecule has 0 aromatic heterocycles. The van der Waals surface area contributed by atoms with Crippen molar-refractivity contribution in [3.05, 3.63) is 71.3 Å². The van der Waals surface area contributed by atoms with Gasteiger partial charge in [0.05, 0.1) is 5.92 Å². The molecule has 1 N–H and O–H groups in total. The fourth-order valence-corrected chi connectivity index (χ4v) is 3.13. The Labute approximate surface area is 158 Å². The Hall–Kier alpha value is -2.59. The predicted octanol–water partition coefficient (Wildman–Crippen LogP) is 4.23. The zero-order chi connectivity index (χ0) is 18.4. The lowest BCUT2D eigenvalue weighted by atomic mass is 9.97. The smallest absolute Gasteiger partial charge is 0.246 e. The van der Waals surface area contributed by atoms with Gasteiger partial charge in [-0.3, -0.25) is 9.59 Å². The van der Waals surface area contributed by atoms with Gasteiger partial charge in [0, 0.05) is 29.9 Å². The second-order valence-electron chi connectivity index (χ2n) is 6.36. The van der Waals surface area contributed by atoms with E-state index in [0.29, 0.717) is 18.1 Å². The molecule has 134 valence electrons.